The van der Waals surface area contributed by atoms with Gasteiger partial charge in [0, 0.05) is 19.1 Å². The molecule has 0 unspecified atom stereocenters. The third-order valence-corrected chi connectivity index (χ3v) is 8.07. The van der Waals surface area contributed by atoms with Crippen molar-refractivity contribution in [2.75, 3.05) is 13.6 Å². The third-order valence-electron chi connectivity index (χ3n) is 6.27. The van der Waals surface area contributed by atoms with Gasteiger partial charge >= 0.3 is 0 Å². The van der Waals surface area contributed by atoms with E-state index in [1.54, 1.807) is 18.2 Å². The van der Waals surface area contributed by atoms with Crippen LogP contribution >= 0.6 is 0 Å². The summed E-state index contributed by atoms with van der Waals surface area (Å²) in [5.41, 5.74) is 1.42. The Hall–Kier alpha value is -3.23. The molecule has 0 aromatic heterocycles. The molecule has 0 bridgehead atoms. The Morgan fingerprint density at radius 2 is 1.57 bits per heavy atom. The van der Waals surface area contributed by atoms with Crippen LogP contribution < -0.4 is 5.32 Å². The Kier molecular flexibility index (Phi) is 8.76. The second kappa shape index (κ2) is 11.4. The van der Waals surface area contributed by atoms with Gasteiger partial charge in [-0.2, -0.15) is 4.31 Å². The number of hydrogen-bond acceptors (Lipinski definition) is 4. The fraction of sp³-hybridized carbons (Fsp3) is 0.379. The average Bonchev–Trinajstić information content (AvgIpc) is 2.83. The van der Waals surface area contributed by atoms with E-state index in [0.717, 1.165) is 26.2 Å². The van der Waals surface area contributed by atoms with E-state index in [-0.39, 0.29) is 23.9 Å². The van der Waals surface area contributed by atoms with Gasteiger partial charge < -0.3 is 10.2 Å². The topological polar surface area (TPSA) is 86.8 Å². The molecule has 198 valence electrons. The van der Waals surface area contributed by atoms with Gasteiger partial charge in [-0.25, -0.2) is 8.42 Å². The Balaban J connectivity index is 1.91. The first kappa shape index (κ1) is 28.3. The number of amides is 2. The van der Waals surface area contributed by atoms with Gasteiger partial charge in [0.25, 0.3) is 0 Å². The first-order valence-electron chi connectivity index (χ1n) is 12.4. The highest BCUT2D eigenvalue weighted by Gasteiger charge is 2.33. The summed E-state index contributed by atoms with van der Waals surface area (Å²) in [6.45, 7) is 9.26. The number of hydrogen-bond donors (Lipinski definition) is 1. The lowest BCUT2D eigenvalue weighted by atomic mass is 10.0. The Morgan fingerprint density at radius 3 is 2.19 bits per heavy atom. The lowest BCUT2D eigenvalue weighted by molar-refractivity contribution is -0.142. The lowest BCUT2D eigenvalue weighted by Crippen LogP contribution is -2.55. The number of fused-ring (bicyclic) bond motifs is 1. The number of aryl methyl sites for hydroxylation is 1. The molecular formula is C29H37N3O4S. The molecule has 3 aromatic rings. The number of nitrogens with zero attached hydrogens (tertiary/aromatic N) is 2. The predicted molar refractivity (Wildman–Crippen MR) is 147 cm³/mol. The average molecular weight is 524 g/mol. The van der Waals surface area contributed by atoms with Crippen LogP contribution in [0.15, 0.2) is 71.6 Å². The van der Waals surface area contributed by atoms with Crippen molar-refractivity contribution in [2.24, 2.45) is 0 Å². The zero-order valence-corrected chi connectivity index (χ0v) is 23.3. The van der Waals surface area contributed by atoms with Gasteiger partial charge in [0.15, 0.2) is 0 Å². The van der Waals surface area contributed by atoms with E-state index >= 15 is 0 Å². The molecule has 3 rings (SSSR count). The Morgan fingerprint density at radius 1 is 0.946 bits per heavy atom. The Bertz CT molecular complexity index is 1380. The van der Waals surface area contributed by atoms with Crippen molar-refractivity contribution in [3.05, 3.63) is 77.9 Å². The summed E-state index contributed by atoms with van der Waals surface area (Å²) in [4.78, 5) is 28.5. The van der Waals surface area contributed by atoms with Crippen molar-refractivity contribution in [1.29, 1.82) is 0 Å². The molecule has 0 aliphatic rings. The van der Waals surface area contributed by atoms with Crippen LogP contribution in [0.5, 0.6) is 0 Å². The molecule has 0 heterocycles. The quantitative estimate of drug-likeness (QED) is 0.448. The summed E-state index contributed by atoms with van der Waals surface area (Å²) in [6, 6.07) is 19.3. The summed E-state index contributed by atoms with van der Waals surface area (Å²) >= 11 is 0. The first-order valence-corrected chi connectivity index (χ1v) is 13.9. The zero-order chi connectivity index (χ0) is 27.4. The number of likely N-dealkylation sites (N-methyl/N-ethyl adjacent to an activating group) is 1. The third kappa shape index (κ3) is 6.96. The van der Waals surface area contributed by atoms with Gasteiger partial charge in [0.05, 0.1) is 11.4 Å². The molecule has 0 saturated heterocycles. The maximum atomic E-state index is 13.7. The van der Waals surface area contributed by atoms with Gasteiger partial charge in [0.2, 0.25) is 21.8 Å². The molecular weight excluding hydrogens is 486 g/mol. The minimum Gasteiger partial charge on any atom is -0.350 e. The molecule has 3 aromatic carbocycles. The lowest BCUT2D eigenvalue weighted by Gasteiger charge is -2.34. The predicted octanol–water partition coefficient (Wildman–Crippen LogP) is 4.49. The van der Waals surface area contributed by atoms with Crippen molar-refractivity contribution in [3.8, 4) is 0 Å². The molecule has 8 heteroatoms. The molecule has 0 radical (unpaired) electrons. The zero-order valence-electron chi connectivity index (χ0n) is 22.5. The summed E-state index contributed by atoms with van der Waals surface area (Å²) in [5, 5.41) is 4.70. The number of carbonyl (C=O) groups excluding carboxylic acids is 2. The van der Waals surface area contributed by atoms with Gasteiger partial charge in [-0.3, -0.25) is 9.59 Å². The van der Waals surface area contributed by atoms with Gasteiger partial charge in [-0.1, -0.05) is 61.5 Å². The minimum atomic E-state index is -3.94. The SMILES string of the molecule is CC[C@@H](C(=O)NC(C)(C)C)N(Cc1ccccc1C)C(=O)CN(C)S(=O)(=O)c1ccc2ccccc2c1. The summed E-state index contributed by atoms with van der Waals surface area (Å²) in [6.07, 6.45) is 0.390. The molecule has 0 aliphatic heterocycles. The van der Waals surface area contributed by atoms with Crippen LogP contribution in [0.25, 0.3) is 10.8 Å². The van der Waals surface area contributed by atoms with Crippen LogP contribution in [0.1, 0.15) is 45.2 Å². The van der Waals surface area contributed by atoms with Gasteiger partial charge in [-0.05, 0) is 68.1 Å². The van der Waals surface area contributed by atoms with Crippen molar-refractivity contribution < 1.29 is 18.0 Å². The molecule has 1 atom stereocenters. The maximum Gasteiger partial charge on any atom is 0.243 e. The van der Waals surface area contributed by atoms with Gasteiger partial charge in [-0.15, -0.1) is 0 Å². The van der Waals surface area contributed by atoms with E-state index in [2.05, 4.69) is 5.32 Å². The standard InChI is InChI=1S/C29H37N3O4S/c1-7-26(28(34)30-29(3,4)5)32(19-24-15-9-8-12-21(24)2)27(33)20-31(6)37(35,36)25-17-16-22-13-10-11-14-23(22)18-25/h8-18,26H,7,19-20H2,1-6H3,(H,30,34)/t26-/m0/s1. The van der Waals surface area contributed by atoms with E-state index in [0.29, 0.717) is 6.42 Å². The van der Waals surface area contributed by atoms with Crippen LogP contribution in [-0.4, -0.2) is 54.6 Å². The number of benzene rings is 3. The normalized spacial score (nSPS) is 12.9. The van der Waals surface area contributed by atoms with E-state index in [9.17, 15) is 18.0 Å². The molecule has 0 spiro atoms. The first-order chi connectivity index (χ1) is 17.3. The van der Waals surface area contributed by atoms with Crippen molar-refractivity contribution in [2.45, 2.75) is 64.1 Å². The molecule has 1 N–H and O–H groups in total. The van der Waals surface area contributed by atoms with Crippen molar-refractivity contribution in [1.82, 2.24) is 14.5 Å². The molecule has 7 nitrogen and oxygen atoms in total. The maximum absolute atomic E-state index is 13.7. The summed E-state index contributed by atoms with van der Waals surface area (Å²) < 4.78 is 27.8. The number of nitrogens with one attached hydrogen (secondary N) is 1. The van der Waals surface area contributed by atoms with Crippen LogP contribution in [0.4, 0.5) is 0 Å². The fourth-order valence-corrected chi connectivity index (χ4v) is 5.37. The van der Waals surface area contributed by atoms with E-state index in [4.69, 9.17) is 0 Å². The summed E-state index contributed by atoms with van der Waals surface area (Å²) in [7, 11) is -2.54. The van der Waals surface area contributed by atoms with E-state index < -0.39 is 27.5 Å². The molecule has 0 fully saturated rings. The molecule has 0 aliphatic carbocycles. The molecule has 0 saturated carbocycles. The Labute approximate surface area is 220 Å². The monoisotopic (exact) mass is 523 g/mol. The fourth-order valence-electron chi connectivity index (χ4n) is 4.22. The van der Waals surface area contributed by atoms with E-state index in [1.165, 1.54) is 11.9 Å². The van der Waals surface area contributed by atoms with Crippen LogP contribution in [0.2, 0.25) is 0 Å². The second-order valence-electron chi connectivity index (χ2n) is 10.4. The highest BCUT2D eigenvalue weighted by Crippen LogP contribution is 2.22. The van der Waals surface area contributed by atoms with E-state index in [1.807, 2.05) is 83.1 Å². The molecule has 37 heavy (non-hydrogen) atoms. The minimum absolute atomic E-state index is 0.115. The van der Waals surface area contributed by atoms with Crippen molar-refractivity contribution in [3.63, 3.8) is 0 Å². The highest BCUT2D eigenvalue weighted by atomic mass is 32.2. The largest absolute Gasteiger partial charge is 0.350 e. The van der Waals surface area contributed by atoms with Crippen molar-refractivity contribution >= 4 is 32.6 Å². The molecule has 2 amide bonds. The second-order valence-corrected chi connectivity index (χ2v) is 12.4. The number of carbonyl (C=O) groups is 2. The summed E-state index contributed by atoms with van der Waals surface area (Å²) in [5.74, 6) is -0.706. The van der Waals surface area contributed by atoms with Crippen LogP contribution in [0.3, 0.4) is 0 Å². The smallest absolute Gasteiger partial charge is 0.243 e. The van der Waals surface area contributed by atoms with Crippen LogP contribution in [-0.2, 0) is 26.2 Å². The highest BCUT2D eigenvalue weighted by molar-refractivity contribution is 7.89. The number of rotatable bonds is 9. The van der Waals surface area contributed by atoms with Crippen LogP contribution in [0, 0.1) is 6.92 Å². The number of sulfonamides is 1. The van der Waals surface area contributed by atoms with Gasteiger partial charge in [0.1, 0.15) is 6.04 Å².